The van der Waals surface area contributed by atoms with Crippen LogP contribution < -0.4 is 4.74 Å². The second-order valence-corrected chi connectivity index (χ2v) is 6.41. The van der Waals surface area contributed by atoms with Gasteiger partial charge in [0, 0.05) is 16.1 Å². The highest BCUT2D eigenvalue weighted by Gasteiger charge is 2.27. The van der Waals surface area contributed by atoms with E-state index in [1.165, 1.54) is 12.8 Å². The summed E-state index contributed by atoms with van der Waals surface area (Å²) in [5, 5.41) is 8.02. The molecule has 0 spiro atoms. The molecule has 0 atom stereocenters. The van der Waals surface area contributed by atoms with Crippen molar-refractivity contribution in [3.05, 3.63) is 34.6 Å². The fraction of sp³-hybridized carbons (Fsp3) is 0.385. The maximum absolute atomic E-state index is 5.66. The predicted molar refractivity (Wildman–Crippen MR) is 78.7 cm³/mol. The number of thioether (sulfide) groups is 1. The Bertz CT molecular complexity index is 556. The van der Waals surface area contributed by atoms with Crippen molar-refractivity contribution in [3.63, 3.8) is 0 Å². The maximum Gasteiger partial charge on any atom is 0.208 e. The van der Waals surface area contributed by atoms with Gasteiger partial charge in [0.15, 0.2) is 0 Å². The molecule has 1 saturated carbocycles. The molecule has 1 aromatic heterocycles. The lowest BCUT2D eigenvalue weighted by atomic mass is 10.3. The highest BCUT2D eigenvalue weighted by atomic mass is 79.9. The number of aromatic amines is 1. The Balaban J connectivity index is 1.42. The zero-order valence-electron chi connectivity index (χ0n) is 10.3. The molecule has 1 heterocycles. The number of hydrogen-bond acceptors (Lipinski definition) is 4. The molecule has 1 aliphatic carbocycles. The summed E-state index contributed by atoms with van der Waals surface area (Å²) in [6, 6.07) is 7.86. The van der Waals surface area contributed by atoms with Crippen molar-refractivity contribution in [1.82, 2.24) is 15.2 Å². The van der Waals surface area contributed by atoms with E-state index < -0.39 is 0 Å². The van der Waals surface area contributed by atoms with E-state index in [0.717, 1.165) is 27.0 Å². The van der Waals surface area contributed by atoms with Gasteiger partial charge in [-0.05, 0) is 31.0 Å². The first-order valence-electron chi connectivity index (χ1n) is 6.25. The normalized spacial score (nSPS) is 14.6. The van der Waals surface area contributed by atoms with Crippen molar-refractivity contribution in [3.8, 4) is 5.75 Å². The van der Waals surface area contributed by atoms with Crippen molar-refractivity contribution in [2.45, 2.75) is 23.9 Å². The van der Waals surface area contributed by atoms with Gasteiger partial charge in [-0.15, -0.1) is 5.10 Å². The van der Waals surface area contributed by atoms with Gasteiger partial charge in [-0.25, -0.2) is 4.98 Å². The Morgan fingerprint density at radius 1 is 1.42 bits per heavy atom. The maximum atomic E-state index is 5.66. The molecule has 2 aromatic rings. The number of hydrogen-bond donors (Lipinski definition) is 1. The third-order valence-electron chi connectivity index (χ3n) is 2.83. The Labute approximate surface area is 124 Å². The minimum atomic E-state index is 0.625. The number of H-pyrrole nitrogens is 1. The Hall–Kier alpha value is -1.01. The number of rotatable bonds is 6. The summed E-state index contributed by atoms with van der Waals surface area (Å²) in [6.07, 6.45) is 2.48. The van der Waals surface area contributed by atoms with Gasteiger partial charge in [-0.2, -0.15) is 0 Å². The van der Waals surface area contributed by atoms with Gasteiger partial charge >= 0.3 is 0 Å². The molecule has 1 aromatic carbocycles. The summed E-state index contributed by atoms with van der Waals surface area (Å²) in [7, 11) is 0. The van der Waals surface area contributed by atoms with E-state index in [1.807, 2.05) is 24.3 Å². The molecule has 0 unspecified atom stereocenters. The summed E-state index contributed by atoms with van der Waals surface area (Å²) in [4.78, 5) is 4.46. The van der Waals surface area contributed by atoms with Gasteiger partial charge in [0.25, 0.3) is 0 Å². The van der Waals surface area contributed by atoms with E-state index in [-0.39, 0.29) is 0 Å². The third-order valence-corrected chi connectivity index (χ3v) is 4.13. The molecule has 4 nitrogen and oxygen atoms in total. The molecule has 1 N–H and O–H groups in total. The summed E-state index contributed by atoms with van der Waals surface area (Å²) in [6.45, 7) is 0.647. The average molecular weight is 340 g/mol. The molecule has 3 rings (SSSR count). The van der Waals surface area contributed by atoms with Crippen molar-refractivity contribution in [2.75, 3.05) is 12.4 Å². The minimum absolute atomic E-state index is 0.625. The van der Waals surface area contributed by atoms with Crippen molar-refractivity contribution < 1.29 is 4.74 Å². The molecular formula is C13H14BrN3OS. The molecule has 0 aliphatic heterocycles. The van der Waals surface area contributed by atoms with Gasteiger partial charge in [-0.1, -0.05) is 33.8 Å². The van der Waals surface area contributed by atoms with E-state index in [1.54, 1.807) is 11.8 Å². The lowest BCUT2D eigenvalue weighted by molar-refractivity contribution is 0.343. The standard InChI is InChI=1S/C13H14BrN3OS/c14-10-2-1-3-11(8-10)18-6-7-19-13-15-12(16-17-13)9-4-5-9/h1-3,8-9H,4-7H2,(H,15,16,17). The Kier molecular flexibility index (Phi) is 4.08. The van der Waals surface area contributed by atoms with Crippen LogP contribution in [0, 0.1) is 0 Å². The quantitative estimate of drug-likeness (QED) is 0.645. The Morgan fingerprint density at radius 2 is 2.32 bits per heavy atom. The second-order valence-electron chi connectivity index (χ2n) is 4.43. The van der Waals surface area contributed by atoms with Crippen molar-refractivity contribution in [1.29, 1.82) is 0 Å². The SMILES string of the molecule is Brc1cccc(OCCSc2n[nH]c(C3CC3)n2)c1. The average Bonchev–Trinajstić information content (AvgIpc) is 3.15. The van der Waals surface area contributed by atoms with Crippen LogP contribution in [0.25, 0.3) is 0 Å². The first-order valence-corrected chi connectivity index (χ1v) is 8.02. The molecule has 1 aliphatic rings. The largest absolute Gasteiger partial charge is 0.493 e. The number of nitrogens with one attached hydrogen (secondary N) is 1. The smallest absolute Gasteiger partial charge is 0.208 e. The fourth-order valence-electron chi connectivity index (χ4n) is 1.71. The highest BCUT2D eigenvalue weighted by molar-refractivity contribution is 9.10. The fourth-order valence-corrected chi connectivity index (χ4v) is 2.71. The first kappa shape index (κ1) is 13.0. The Morgan fingerprint density at radius 3 is 3.11 bits per heavy atom. The molecule has 1 fully saturated rings. The van der Waals surface area contributed by atoms with Crippen LogP contribution in [0.5, 0.6) is 5.75 Å². The third kappa shape index (κ3) is 3.73. The van der Waals surface area contributed by atoms with Gasteiger partial charge < -0.3 is 4.74 Å². The van der Waals surface area contributed by atoms with Gasteiger partial charge in [0.05, 0.1) is 6.61 Å². The topological polar surface area (TPSA) is 50.8 Å². The van der Waals surface area contributed by atoms with E-state index in [2.05, 4.69) is 31.1 Å². The number of aromatic nitrogens is 3. The van der Waals surface area contributed by atoms with Crippen LogP contribution >= 0.6 is 27.7 Å². The summed E-state index contributed by atoms with van der Waals surface area (Å²) < 4.78 is 6.69. The van der Waals surface area contributed by atoms with Crippen LogP contribution in [0.2, 0.25) is 0 Å². The molecule has 0 saturated heterocycles. The summed E-state index contributed by atoms with van der Waals surface area (Å²) in [5.41, 5.74) is 0. The molecular weight excluding hydrogens is 326 g/mol. The van der Waals surface area contributed by atoms with E-state index >= 15 is 0 Å². The number of halogens is 1. The summed E-state index contributed by atoms with van der Waals surface area (Å²) >= 11 is 5.04. The first-order chi connectivity index (χ1) is 9.31. The van der Waals surface area contributed by atoms with Crippen LogP contribution in [-0.2, 0) is 0 Å². The number of benzene rings is 1. The molecule has 6 heteroatoms. The van der Waals surface area contributed by atoms with Crippen LogP contribution in [-0.4, -0.2) is 27.5 Å². The zero-order chi connectivity index (χ0) is 13.1. The zero-order valence-corrected chi connectivity index (χ0v) is 12.7. The van der Waals surface area contributed by atoms with Crippen LogP contribution in [0.4, 0.5) is 0 Å². The van der Waals surface area contributed by atoms with E-state index in [4.69, 9.17) is 4.74 Å². The predicted octanol–water partition coefficient (Wildman–Crippen LogP) is 3.62. The van der Waals surface area contributed by atoms with E-state index in [0.29, 0.717) is 12.5 Å². The van der Waals surface area contributed by atoms with Crippen LogP contribution in [0.3, 0.4) is 0 Å². The van der Waals surface area contributed by atoms with Crippen molar-refractivity contribution >= 4 is 27.7 Å². The second kappa shape index (κ2) is 5.96. The molecule has 19 heavy (non-hydrogen) atoms. The molecule has 0 radical (unpaired) electrons. The monoisotopic (exact) mass is 339 g/mol. The van der Waals surface area contributed by atoms with Gasteiger partial charge in [0.2, 0.25) is 5.16 Å². The van der Waals surface area contributed by atoms with Crippen molar-refractivity contribution in [2.24, 2.45) is 0 Å². The molecule has 100 valence electrons. The molecule has 0 bridgehead atoms. The number of ether oxygens (including phenoxy) is 1. The van der Waals surface area contributed by atoms with Crippen LogP contribution in [0.15, 0.2) is 33.9 Å². The summed E-state index contributed by atoms with van der Waals surface area (Å²) in [5.74, 6) is 3.38. The van der Waals surface area contributed by atoms with Gasteiger partial charge in [0.1, 0.15) is 11.6 Å². The minimum Gasteiger partial charge on any atom is -0.493 e. The van der Waals surface area contributed by atoms with Crippen LogP contribution in [0.1, 0.15) is 24.6 Å². The molecule has 0 amide bonds. The van der Waals surface area contributed by atoms with E-state index in [9.17, 15) is 0 Å². The van der Waals surface area contributed by atoms with Gasteiger partial charge in [-0.3, -0.25) is 5.10 Å². The lowest BCUT2D eigenvalue weighted by Crippen LogP contribution is -2.00. The number of nitrogens with zero attached hydrogens (tertiary/aromatic N) is 2. The lowest BCUT2D eigenvalue weighted by Gasteiger charge is -2.04. The highest BCUT2D eigenvalue weighted by Crippen LogP contribution is 2.38.